The molecule has 0 spiro atoms. The van der Waals surface area contributed by atoms with E-state index < -0.39 is 16.0 Å². The van der Waals surface area contributed by atoms with Crippen molar-refractivity contribution in [1.82, 2.24) is 0 Å². The highest BCUT2D eigenvalue weighted by atomic mass is 32.2. The van der Waals surface area contributed by atoms with E-state index in [0.717, 1.165) is 5.56 Å². The minimum atomic E-state index is -3.75. The molecule has 2 aromatic rings. The second-order valence-corrected chi connectivity index (χ2v) is 6.68. The number of hydrogen-bond donors (Lipinski definition) is 2. The number of benzene rings is 2. The quantitative estimate of drug-likeness (QED) is 0.444. The zero-order valence-electron chi connectivity index (χ0n) is 13.7. The fraction of sp³-hybridized carbons (Fsp3) is 0.176. The van der Waals surface area contributed by atoms with Gasteiger partial charge in [0, 0.05) is 6.42 Å². The van der Waals surface area contributed by atoms with Crippen molar-refractivity contribution in [3.8, 4) is 0 Å². The lowest BCUT2D eigenvalue weighted by atomic mass is 10.1. The maximum absolute atomic E-state index is 12.1. The van der Waals surface area contributed by atoms with Crippen molar-refractivity contribution in [1.29, 1.82) is 0 Å². The SMILES string of the molecule is CCOC(=O)C(Cc1ccccc1)=NNc1ccc(S(N)(=O)=O)cc1. The van der Waals surface area contributed by atoms with Crippen molar-refractivity contribution in [3.63, 3.8) is 0 Å². The minimum Gasteiger partial charge on any atom is -0.461 e. The lowest BCUT2D eigenvalue weighted by molar-refractivity contribution is -0.135. The van der Waals surface area contributed by atoms with E-state index in [2.05, 4.69) is 10.5 Å². The number of esters is 1. The highest BCUT2D eigenvalue weighted by molar-refractivity contribution is 7.89. The maximum atomic E-state index is 12.1. The minimum absolute atomic E-state index is 0.00284. The van der Waals surface area contributed by atoms with Gasteiger partial charge in [0.2, 0.25) is 10.0 Å². The number of hydrazone groups is 1. The highest BCUT2D eigenvalue weighted by Gasteiger charge is 2.14. The van der Waals surface area contributed by atoms with Gasteiger partial charge in [-0.1, -0.05) is 30.3 Å². The number of nitrogens with one attached hydrogen (secondary N) is 1. The van der Waals surface area contributed by atoms with Crippen LogP contribution in [0.15, 0.2) is 64.6 Å². The molecule has 8 heteroatoms. The van der Waals surface area contributed by atoms with E-state index >= 15 is 0 Å². The number of ether oxygens (including phenoxy) is 1. The van der Waals surface area contributed by atoms with Gasteiger partial charge < -0.3 is 4.74 Å². The van der Waals surface area contributed by atoms with Crippen LogP contribution in [0.3, 0.4) is 0 Å². The largest absolute Gasteiger partial charge is 0.461 e. The number of hydrogen-bond acceptors (Lipinski definition) is 6. The summed E-state index contributed by atoms with van der Waals surface area (Å²) in [5, 5.41) is 9.16. The predicted molar refractivity (Wildman–Crippen MR) is 95.7 cm³/mol. The van der Waals surface area contributed by atoms with Crippen LogP contribution in [0, 0.1) is 0 Å². The molecule has 0 saturated heterocycles. The summed E-state index contributed by atoms with van der Waals surface area (Å²) in [6.07, 6.45) is 0.307. The van der Waals surface area contributed by atoms with Crippen molar-refractivity contribution in [2.24, 2.45) is 10.2 Å². The third-order valence-electron chi connectivity index (χ3n) is 3.23. The summed E-state index contributed by atoms with van der Waals surface area (Å²) in [7, 11) is -3.75. The number of nitrogens with zero attached hydrogens (tertiary/aromatic N) is 1. The molecule has 2 aromatic carbocycles. The molecule has 132 valence electrons. The normalized spacial score (nSPS) is 11.8. The first-order chi connectivity index (χ1) is 11.9. The van der Waals surface area contributed by atoms with E-state index in [4.69, 9.17) is 9.88 Å². The summed E-state index contributed by atoms with van der Waals surface area (Å²) < 4.78 is 27.5. The molecule has 0 fully saturated rings. The predicted octanol–water partition coefficient (Wildman–Crippen LogP) is 1.91. The molecule has 0 aliphatic rings. The van der Waals surface area contributed by atoms with Gasteiger partial charge in [-0.2, -0.15) is 5.10 Å². The van der Waals surface area contributed by atoms with Gasteiger partial charge in [-0.25, -0.2) is 18.4 Å². The van der Waals surface area contributed by atoms with Gasteiger partial charge in [0.1, 0.15) is 5.71 Å². The van der Waals surface area contributed by atoms with Gasteiger partial charge in [0.15, 0.2) is 0 Å². The Bertz CT molecular complexity index is 847. The standard InChI is InChI=1S/C17H19N3O4S/c1-2-24-17(21)16(12-13-6-4-3-5-7-13)20-19-14-8-10-15(11-9-14)25(18,22)23/h3-11,19H,2,12H2,1H3,(H2,18,22,23). The van der Waals surface area contributed by atoms with Gasteiger partial charge in [-0.3, -0.25) is 5.43 Å². The number of primary sulfonamides is 1. The molecule has 0 amide bonds. The number of rotatable bonds is 7. The van der Waals surface area contributed by atoms with Crippen molar-refractivity contribution in [3.05, 3.63) is 60.2 Å². The fourth-order valence-corrected chi connectivity index (χ4v) is 2.53. The van der Waals surface area contributed by atoms with Crippen molar-refractivity contribution < 1.29 is 17.9 Å². The highest BCUT2D eigenvalue weighted by Crippen LogP contribution is 2.13. The lowest BCUT2D eigenvalue weighted by Crippen LogP contribution is -2.21. The Morgan fingerprint density at radius 1 is 1.12 bits per heavy atom. The Labute approximate surface area is 146 Å². The molecule has 0 unspecified atom stereocenters. The molecule has 7 nitrogen and oxygen atoms in total. The van der Waals surface area contributed by atoms with Gasteiger partial charge in [0.05, 0.1) is 17.2 Å². The van der Waals surface area contributed by atoms with Crippen LogP contribution in [-0.2, 0) is 26.0 Å². The molecule has 0 aliphatic heterocycles. The Kier molecular flexibility index (Phi) is 6.26. The van der Waals surface area contributed by atoms with Crippen LogP contribution >= 0.6 is 0 Å². The molecule has 0 aromatic heterocycles. The van der Waals surface area contributed by atoms with E-state index in [1.807, 2.05) is 30.3 Å². The topological polar surface area (TPSA) is 111 Å². The smallest absolute Gasteiger partial charge is 0.354 e. The van der Waals surface area contributed by atoms with E-state index in [-0.39, 0.29) is 17.2 Å². The number of anilines is 1. The number of carbonyl (C=O) groups is 1. The van der Waals surface area contributed by atoms with Crippen LogP contribution < -0.4 is 10.6 Å². The molecule has 3 N–H and O–H groups in total. The molecule has 0 saturated carbocycles. The van der Waals surface area contributed by atoms with E-state index in [1.165, 1.54) is 24.3 Å². The third kappa shape index (κ3) is 5.70. The molecular weight excluding hydrogens is 342 g/mol. The maximum Gasteiger partial charge on any atom is 0.354 e. The van der Waals surface area contributed by atoms with Crippen LogP contribution in [0.5, 0.6) is 0 Å². The fourth-order valence-electron chi connectivity index (χ4n) is 2.01. The molecule has 0 aliphatic carbocycles. The Morgan fingerprint density at radius 2 is 1.76 bits per heavy atom. The molecular formula is C17H19N3O4S. The van der Waals surface area contributed by atoms with Crippen LogP contribution in [0.4, 0.5) is 5.69 Å². The van der Waals surface area contributed by atoms with E-state index in [0.29, 0.717) is 12.1 Å². The van der Waals surface area contributed by atoms with Gasteiger partial charge in [-0.05, 0) is 36.8 Å². The van der Waals surface area contributed by atoms with E-state index in [9.17, 15) is 13.2 Å². The molecule has 2 rings (SSSR count). The molecule has 0 heterocycles. The first-order valence-corrected chi connectivity index (χ1v) is 9.11. The monoisotopic (exact) mass is 361 g/mol. The molecule has 25 heavy (non-hydrogen) atoms. The van der Waals surface area contributed by atoms with Gasteiger partial charge in [-0.15, -0.1) is 0 Å². The van der Waals surface area contributed by atoms with Crippen LogP contribution in [0.2, 0.25) is 0 Å². The Hall–Kier alpha value is -2.71. The second-order valence-electron chi connectivity index (χ2n) is 5.12. The summed E-state index contributed by atoms with van der Waals surface area (Å²) >= 11 is 0. The zero-order valence-corrected chi connectivity index (χ0v) is 14.5. The van der Waals surface area contributed by atoms with Crippen LogP contribution in [-0.4, -0.2) is 26.7 Å². The number of nitrogens with two attached hydrogens (primary N) is 1. The summed E-state index contributed by atoms with van der Waals surface area (Å²) in [6, 6.07) is 15.1. The second kappa shape index (κ2) is 8.41. The van der Waals surface area contributed by atoms with Gasteiger partial charge in [0.25, 0.3) is 0 Å². The Morgan fingerprint density at radius 3 is 2.32 bits per heavy atom. The van der Waals surface area contributed by atoms with Crippen molar-refractivity contribution in [2.75, 3.05) is 12.0 Å². The first kappa shape index (κ1) is 18.6. The van der Waals surface area contributed by atoms with Crippen molar-refractivity contribution in [2.45, 2.75) is 18.2 Å². The third-order valence-corrected chi connectivity index (χ3v) is 4.16. The summed E-state index contributed by atoms with van der Waals surface area (Å²) in [6.45, 7) is 1.97. The van der Waals surface area contributed by atoms with Crippen LogP contribution in [0.1, 0.15) is 12.5 Å². The summed E-state index contributed by atoms with van der Waals surface area (Å²) in [4.78, 5) is 12.1. The molecule has 0 radical (unpaired) electrons. The van der Waals surface area contributed by atoms with E-state index in [1.54, 1.807) is 6.92 Å². The molecule has 0 bridgehead atoms. The zero-order chi connectivity index (χ0) is 18.3. The average molecular weight is 361 g/mol. The summed E-state index contributed by atoms with van der Waals surface area (Å²) in [5.41, 5.74) is 4.38. The average Bonchev–Trinajstić information content (AvgIpc) is 2.59. The molecule has 0 atom stereocenters. The Balaban J connectivity index is 2.17. The van der Waals surface area contributed by atoms with Gasteiger partial charge >= 0.3 is 5.97 Å². The number of carbonyl (C=O) groups excluding carboxylic acids is 1. The number of sulfonamides is 1. The van der Waals surface area contributed by atoms with Crippen LogP contribution in [0.25, 0.3) is 0 Å². The summed E-state index contributed by atoms with van der Waals surface area (Å²) in [5.74, 6) is -0.514. The van der Waals surface area contributed by atoms with Crippen molar-refractivity contribution >= 4 is 27.4 Å². The lowest BCUT2D eigenvalue weighted by Gasteiger charge is -2.08. The first-order valence-electron chi connectivity index (χ1n) is 7.56.